The first kappa shape index (κ1) is 17.9. The molecule has 1 aromatic rings. The van der Waals surface area contributed by atoms with Crippen LogP contribution in [-0.4, -0.2) is 27.9 Å². The summed E-state index contributed by atoms with van der Waals surface area (Å²) in [7, 11) is 0. The van der Waals surface area contributed by atoms with Crippen molar-refractivity contribution in [2.75, 3.05) is 0 Å². The van der Waals surface area contributed by atoms with Crippen LogP contribution in [0.25, 0.3) is 0 Å². The third-order valence-electron chi connectivity index (χ3n) is 4.75. The van der Waals surface area contributed by atoms with Crippen LogP contribution in [0.2, 0.25) is 0 Å². The minimum absolute atomic E-state index is 0.0275. The van der Waals surface area contributed by atoms with Gasteiger partial charge in [0.2, 0.25) is 0 Å². The van der Waals surface area contributed by atoms with E-state index in [1.165, 1.54) is 0 Å². The Morgan fingerprint density at radius 2 is 1.75 bits per heavy atom. The summed E-state index contributed by atoms with van der Waals surface area (Å²) in [4.78, 5) is 34.4. The third-order valence-corrected chi connectivity index (χ3v) is 4.75. The molecule has 0 aromatic heterocycles. The Labute approximate surface area is 140 Å². The summed E-state index contributed by atoms with van der Waals surface area (Å²) in [5, 5.41) is 23.2. The zero-order valence-corrected chi connectivity index (χ0v) is 14.1. The molecule has 1 aliphatic carbocycles. The van der Waals surface area contributed by atoms with Gasteiger partial charge in [0.05, 0.1) is 16.4 Å². The van der Waals surface area contributed by atoms with E-state index in [0.29, 0.717) is 47.9 Å². The number of rotatable bonds is 4. The molecule has 130 valence electrons. The fourth-order valence-electron chi connectivity index (χ4n) is 3.55. The first-order chi connectivity index (χ1) is 11.2. The highest BCUT2D eigenvalue weighted by Crippen LogP contribution is 2.30. The monoisotopic (exact) mass is 334 g/mol. The van der Waals surface area contributed by atoms with Gasteiger partial charge in [0, 0.05) is 17.2 Å². The van der Waals surface area contributed by atoms with E-state index in [2.05, 4.69) is 5.32 Å². The number of carbonyl (C=O) groups is 2. The number of carbonyl (C=O) groups excluding carboxylic acids is 1. The highest BCUT2D eigenvalue weighted by atomic mass is 16.6. The fraction of sp³-hybridized carbons (Fsp3) is 0.529. The lowest BCUT2D eigenvalue weighted by molar-refractivity contribution is -0.386. The maximum absolute atomic E-state index is 12.6. The molecule has 1 amide bonds. The number of aryl methyl sites for hydroxylation is 2. The average molecular weight is 334 g/mol. The molecule has 1 aromatic carbocycles. The Bertz CT molecular complexity index is 691. The Hall–Kier alpha value is -2.44. The van der Waals surface area contributed by atoms with Gasteiger partial charge in [0.15, 0.2) is 0 Å². The van der Waals surface area contributed by atoms with Gasteiger partial charge in [-0.25, -0.2) is 0 Å². The van der Waals surface area contributed by atoms with Crippen LogP contribution in [0.3, 0.4) is 0 Å². The average Bonchev–Trinajstić information content (AvgIpc) is 2.46. The second kappa shape index (κ2) is 6.98. The Kier molecular flexibility index (Phi) is 5.21. The van der Waals surface area contributed by atoms with E-state index < -0.39 is 10.9 Å². The summed E-state index contributed by atoms with van der Waals surface area (Å²) in [5.74, 6) is -1.46. The summed E-state index contributed by atoms with van der Waals surface area (Å²) in [6.07, 6.45) is 2.28. The number of carboxylic acids is 1. The van der Waals surface area contributed by atoms with Crippen LogP contribution < -0.4 is 5.32 Å². The summed E-state index contributed by atoms with van der Waals surface area (Å²) >= 11 is 0. The molecule has 0 unspecified atom stereocenters. The molecule has 1 fully saturated rings. The van der Waals surface area contributed by atoms with Gasteiger partial charge in [-0.2, -0.15) is 0 Å². The molecule has 1 aliphatic rings. The van der Waals surface area contributed by atoms with Crippen molar-refractivity contribution in [2.45, 2.75) is 52.5 Å². The van der Waals surface area contributed by atoms with Crippen molar-refractivity contribution in [1.82, 2.24) is 5.32 Å². The summed E-state index contributed by atoms with van der Waals surface area (Å²) in [6.45, 7) is 5.02. The molecule has 0 atom stereocenters. The van der Waals surface area contributed by atoms with Crippen molar-refractivity contribution in [2.24, 2.45) is 5.92 Å². The van der Waals surface area contributed by atoms with Gasteiger partial charge in [0.25, 0.3) is 11.6 Å². The normalized spacial score (nSPS) is 20.5. The van der Waals surface area contributed by atoms with Crippen molar-refractivity contribution >= 4 is 17.6 Å². The fourth-order valence-corrected chi connectivity index (χ4v) is 3.55. The van der Waals surface area contributed by atoms with E-state index in [0.717, 1.165) is 0 Å². The molecule has 0 radical (unpaired) electrons. The van der Waals surface area contributed by atoms with Gasteiger partial charge in [-0.3, -0.25) is 19.7 Å². The van der Waals surface area contributed by atoms with Gasteiger partial charge >= 0.3 is 5.97 Å². The molecule has 1 saturated carbocycles. The van der Waals surface area contributed by atoms with Gasteiger partial charge in [-0.05, 0) is 58.1 Å². The number of amides is 1. The zero-order chi connectivity index (χ0) is 18.0. The molecule has 24 heavy (non-hydrogen) atoms. The molecule has 0 bridgehead atoms. The predicted molar refractivity (Wildman–Crippen MR) is 88.2 cm³/mol. The van der Waals surface area contributed by atoms with Gasteiger partial charge in [-0.15, -0.1) is 0 Å². The van der Waals surface area contributed by atoms with Crippen LogP contribution >= 0.6 is 0 Å². The molecular formula is C17H22N2O5. The van der Waals surface area contributed by atoms with Crippen LogP contribution in [-0.2, 0) is 4.79 Å². The van der Waals surface area contributed by atoms with E-state index in [4.69, 9.17) is 5.11 Å². The number of nitro groups is 1. The summed E-state index contributed by atoms with van der Waals surface area (Å²) < 4.78 is 0. The quantitative estimate of drug-likeness (QED) is 0.650. The Balaban J connectivity index is 2.18. The van der Waals surface area contributed by atoms with E-state index in [-0.39, 0.29) is 23.6 Å². The van der Waals surface area contributed by atoms with Crippen LogP contribution in [0.1, 0.15) is 52.7 Å². The standard InChI is InChI=1S/C17H22N2O5/c1-9-8-10(2)15(19(23)24)11(3)14(9)16(20)18-13-6-4-12(5-7-13)17(21)22/h8,12-13H,4-7H2,1-3H3,(H,18,20)(H,21,22). The minimum Gasteiger partial charge on any atom is -0.481 e. The Morgan fingerprint density at radius 3 is 2.25 bits per heavy atom. The van der Waals surface area contributed by atoms with Crippen molar-refractivity contribution in [3.05, 3.63) is 38.4 Å². The van der Waals surface area contributed by atoms with Crippen LogP contribution in [0, 0.1) is 36.8 Å². The lowest BCUT2D eigenvalue weighted by atomic mass is 9.86. The maximum atomic E-state index is 12.6. The smallest absolute Gasteiger partial charge is 0.306 e. The number of aliphatic carboxylic acids is 1. The molecule has 0 saturated heterocycles. The third kappa shape index (κ3) is 3.55. The minimum atomic E-state index is -0.791. The number of benzene rings is 1. The van der Waals surface area contributed by atoms with Crippen molar-refractivity contribution < 1.29 is 19.6 Å². The molecule has 7 heteroatoms. The molecule has 7 nitrogen and oxygen atoms in total. The lowest BCUT2D eigenvalue weighted by Gasteiger charge is -2.27. The van der Waals surface area contributed by atoms with Gasteiger partial charge in [-0.1, -0.05) is 0 Å². The molecule has 0 spiro atoms. The van der Waals surface area contributed by atoms with Gasteiger partial charge < -0.3 is 10.4 Å². The SMILES string of the molecule is Cc1cc(C)c([N+](=O)[O-])c(C)c1C(=O)NC1CCC(C(=O)O)CC1. The number of nitrogens with zero attached hydrogens (tertiary/aromatic N) is 1. The van der Waals surface area contributed by atoms with Gasteiger partial charge in [0.1, 0.15) is 0 Å². The number of hydrogen-bond donors (Lipinski definition) is 2. The van der Waals surface area contributed by atoms with Crippen molar-refractivity contribution in [3.8, 4) is 0 Å². The highest BCUT2D eigenvalue weighted by molar-refractivity contribution is 5.98. The topological polar surface area (TPSA) is 110 Å². The van der Waals surface area contributed by atoms with Crippen molar-refractivity contribution in [1.29, 1.82) is 0 Å². The number of nitro benzene ring substituents is 1. The van der Waals surface area contributed by atoms with Crippen LogP contribution in [0.15, 0.2) is 6.07 Å². The second-order valence-corrected chi connectivity index (χ2v) is 6.48. The highest BCUT2D eigenvalue weighted by Gasteiger charge is 2.29. The van der Waals surface area contributed by atoms with E-state index in [1.807, 2.05) is 0 Å². The molecule has 2 N–H and O–H groups in total. The van der Waals surface area contributed by atoms with E-state index in [9.17, 15) is 19.7 Å². The summed E-state index contributed by atoms with van der Waals surface area (Å²) in [6, 6.07) is 1.56. The number of nitrogens with one attached hydrogen (secondary N) is 1. The molecule has 2 rings (SSSR count). The lowest BCUT2D eigenvalue weighted by Crippen LogP contribution is -2.39. The first-order valence-electron chi connectivity index (χ1n) is 8.01. The second-order valence-electron chi connectivity index (χ2n) is 6.48. The van der Waals surface area contributed by atoms with Crippen LogP contribution in [0.5, 0.6) is 0 Å². The maximum Gasteiger partial charge on any atom is 0.306 e. The van der Waals surface area contributed by atoms with E-state index in [1.54, 1.807) is 26.8 Å². The largest absolute Gasteiger partial charge is 0.481 e. The molecule has 0 heterocycles. The Morgan fingerprint density at radius 1 is 1.17 bits per heavy atom. The van der Waals surface area contributed by atoms with E-state index >= 15 is 0 Å². The summed E-state index contributed by atoms with van der Waals surface area (Å²) in [5.41, 5.74) is 1.92. The molecular weight excluding hydrogens is 312 g/mol. The molecule has 0 aliphatic heterocycles. The van der Waals surface area contributed by atoms with Crippen LogP contribution in [0.4, 0.5) is 5.69 Å². The zero-order valence-electron chi connectivity index (χ0n) is 14.1. The number of hydrogen-bond acceptors (Lipinski definition) is 4. The van der Waals surface area contributed by atoms with Crippen molar-refractivity contribution in [3.63, 3.8) is 0 Å². The number of carboxylic acid groups (broad SMARTS) is 1. The first-order valence-corrected chi connectivity index (χ1v) is 8.01. The predicted octanol–water partition coefficient (Wildman–Crippen LogP) is 2.89.